The zero-order valence-electron chi connectivity index (χ0n) is 16.4. The molecule has 0 unspecified atom stereocenters. The van der Waals surface area contributed by atoms with Crippen molar-refractivity contribution in [2.24, 2.45) is 14.1 Å². The van der Waals surface area contributed by atoms with E-state index in [2.05, 4.69) is 31.1 Å². The summed E-state index contributed by atoms with van der Waals surface area (Å²) in [5.41, 5.74) is 0.981. The maximum Gasteiger partial charge on any atom is 0.332 e. The molecule has 0 aliphatic rings. The summed E-state index contributed by atoms with van der Waals surface area (Å²) in [6.45, 7) is 6.13. The molecule has 0 atom stereocenters. The number of nitrogens with one attached hydrogen (secondary N) is 1. The van der Waals surface area contributed by atoms with Crippen LogP contribution in [0, 0.1) is 0 Å². The van der Waals surface area contributed by atoms with Gasteiger partial charge in [-0.2, -0.15) is 4.98 Å². The van der Waals surface area contributed by atoms with Crippen LogP contribution in [0.2, 0.25) is 5.28 Å². The molecule has 0 aliphatic heterocycles. The van der Waals surface area contributed by atoms with E-state index in [1.807, 2.05) is 24.3 Å². The van der Waals surface area contributed by atoms with E-state index in [9.17, 15) is 14.4 Å². The number of halogens is 1. The van der Waals surface area contributed by atoms with Gasteiger partial charge in [0.25, 0.3) is 5.56 Å². The molecular weight excluding hydrogens is 382 g/mol. The molecule has 0 fully saturated rings. The highest BCUT2D eigenvalue weighted by Gasteiger charge is 2.20. The van der Waals surface area contributed by atoms with Crippen LogP contribution in [0.15, 0.2) is 33.9 Å². The quantitative estimate of drug-likeness (QED) is 0.677. The van der Waals surface area contributed by atoms with Crippen LogP contribution in [0.25, 0.3) is 11.2 Å². The molecule has 0 saturated carbocycles. The maximum absolute atomic E-state index is 12.5. The predicted octanol–water partition coefficient (Wildman–Crippen LogP) is 2.02. The third-order valence-corrected chi connectivity index (χ3v) is 4.93. The summed E-state index contributed by atoms with van der Waals surface area (Å²) in [7, 11) is 2.86. The number of hydrogen-bond donors (Lipinski definition) is 1. The van der Waals surface area contributed by atoms with Crippen molar-refractivity contribution in [2.75, 3.05) is 5.32 Å². The Morgan fingerprint density at radius 2 is 1.71 bits per heavy atom. The second kappa shape index (κ2) is 6.94. The van der Waals surface area contributed by atoms with Crippen LogP contribution in [0.1, 0.15) is 26.3 Å². The van der Waals surface area contributed by atoms with Crippen molar-refractivity contribution in [2.45, 2.75) is 32.7 Å². The van der Waals surface area contributed by atoms with Gasteiger partial charge in [-0.25, -0.2) is 4.79 Å². The van der Waals surface area contributed by atoms with Gasteiger partial charge in [0, 0.05) is 19.8 Å². The number of benzene rings is 1. The highest BCUT2D eigenvalue weighted by Crippen LogP contribution is 2.23. The number of carbonyl (C=O) groups excluding carboxylic acids is 1. The van der Waals surface area contributed by atoms with E-state index in [0.717, 1.165) is 10.1 Å². The van der Waals surface area contributed by atoms with Crippen LogP contribution >= 0.6 is 11.6 Å². The highest BCUT2D eigenvalue weighted by atomic mass is 35.5. The van der Waals surface area contributed by atoms with Crippen LogP contribution in [-0.4, -0.2) is 24.6 Å². The summed E-state index contributed by atoms with van der Waals surface area (Å²) in [4.78, 5) is 41.1. The minimum absolute atomic E-state index is 0.0157. The third-order valence-electron chi connectivity index (χ3n) is 4.64. The first-order valence-electron chi connectivity index (χ1n) is 8.73. The summed E-state index contributed by atoms with van der Waals surface area (Å²) >= 11 is 6.14. The molecule has 148 valence electrons. The topological polar surface area (TPSA) is 90.9 Å². The normalized spacial score (nSPS) is 11.8. The Bertz CT molecular complexity index is 1180. The fourth-order valence-corrected chi connectivity index (χ4v) is 3.19. The van der Waals surface area contributed by atoms with Crippen molar-refractivity contribution in [3.63, 3.8) is 0 Å². The second-order valence-electron chi connectivity index (χ2n) is 7.72. The summed E-state index contributed by atoms with van der Waals surface area (Å²) in [6.07, 6.45) is 0. The lowest BCUT2D eigenvalue weighted by molar-refractivity contribution is -0.116. The van der Waals surface area contributed by atoms with Gasteiger partial charge in [-0.15, -0.1) is 0 Å². The Balaban J connectivity index is 1.91. The number of imidazole rings is 1. The molecule has 9 heteroatoms. The molecule has 1 aromatic carbocycles. The Morgan fingerprint density at radius 1 is 1.11 bits per heavy atom. The number of nitrogens with zero attached hydrogens (tertiary/aromatic N) is 4. The van der Waals surface area contributed by atoms with Gasteiger partial charge < -0.3 is 5.32 Å². The van der Waals surface area contributed by atoms with Gasteiger partial charge in [0.2, 0.25) is 11.2 Å². The van der Waals surface area contributed by atoms with E-state index < -0.39 is 11.2 Å². The Labute approximate surface area is 166 Å². The largest absolute Gasteiger partial charge is 0.332 e. The second-order valence-corrected chi connectivity index (χ2v) is 8.06. The first kappa shape index (κ1) is 19.9. The van der Waals surface area contributed by atoms with Crippen molar-refractivity contribution in [3.8, 4) is 0 Å². The van der Waals surface area contributed by atoms with Gasteiger partial charge in [0.1, 0.15) is 6.54 Å². The summed E-state index contributed by atoms with van der Waals surface area (Å²) in [5.74, 6) is -0.361. The molecule has 3 aromatic rings. The highest BCUT2D eigenvalue weighted by molar-refractivity contribution is 6.29. The number of amides is 1. The SMILES string of the molecule is Cn1c(=O)c2c(nc(Cl)n2CC(=O)Nc2ccc(C(C)(C)C)cc2)n(C)c1=O. The standard InChI is InChI=1S/C19H22ClN5O3/c1-19(2,3)11-6-8-12(9-7-11)21-13(26)10-25-14-15(22-17(25)20)23(4)18(28)24(5)16(14)27/h6-9H,10H2,1-5H3,(H,21,26). The number of anilines is 1. The summed E-state index contributed by atoms with van der Waals surface area (Å²) in [5, 5.41) is 2.75. The minimum atomic E-state index is -0.556. The fraction of sp³-hybridized carbons (Fsp3) is 0.368. The van der Waals surface area contributed by atoms with Crippen molar-refractivity contribution in [3.05, 3.63) is 56.0 Å². The molecule has 8 nitrogen and oxygen atoms in total. The van der Waals surface area contributed by atoms with E-state index in [4.69, 9.17) is 11.6 Å². The molecule has 2 aromatic heterocycles. The van der Waals surface area contributed by atoms with Gasteiger partial charge >= 0.3 is 5.69 Å². The predicted molar refractivity (Wildman–Crippen MR) is 109 cm³/mol. The number of fused-ring (bicyclic) bond motifs is 1. The van der Waals surface area contributed by atoms with Crippen LogP contribution in [0.3, 0.4) is 0 Å². The maximum atomic E-state index is 12.5. The molecular formula is C19H22ClN5O3. The van der Waals surface area contributed by atoms with E-state index in [1.165, 1.54) is 23.2 Å². The number of aryl methyl sites for hydroxylation is 1. The molecule has 0 radical (unpaired) electrons. The fourth-order valence-electron chi connectivity index (χ4n) is 2.96. The molecule has 1 amide bonds. The van der Waals surface area contributed by atoms with Crippen molar-refractivity contribution in [1.82, 2.24) is 18.7 Å². The summed E-state index contributed by atoms with van der Waals surface area (Å²) < 4.78 is 3.49. The van der Waals surface area contributed by atoms with E-state index >= 15 is 0 Å². The first-order valence-corrected chi connectivity index (χ1v) is 9.10. The van der Waals surface area contributed by atoms with Gasteiger partial charge in [0.15, 0.2) is 11.2 Å². The van der Waals surface area contributed by atoms with Crippen molar-refractivity contribution < 1.29 is 4.79 Å². The van der Waals surface area contributed by atoms with E-state index in [1.54, 1.807) is 0 Å². The van der Waals surface area contributed by atoms with Gasteiger partial charge in [0.05, 0.1) is 0 Å². The lowest BCUT2D eigenvalue weighted by Gasteiger charge is -2.19. The zero-order chi connectivity index (χ0) is 20.8. The number of aromatic nitrogens is 4. The number of rotatable bonds is 3. The average Bonchev–Trinajstić information content (AvgIpc) is 2.94. The molecule has 1 N–H and O–H groups in total. The molecule has 0 saturated heterocycles. The number of hydrogen-bond acceptors (Lipinski definition) is 4. The van der Waals surface area contributed by atoms with Crippen molar-refractivity contribution >= 4 is 34.4 Å². The van der Waals surface area contributed by atoms with Gasteiger partial charge in [-0.3, -0.25) is 23.3 Å². The number of carbonyl (C=O) groups is 1. The van der Waals surface area contributed by atoms with Crippen molar-refractivity contribution in [1.29, 1.82) is 0 Å². The third kappa shape index (κ3) is 3.47. The van der Waals surface area contributed by atoms with Crippen LogP contribution in [0.5, 0.6) is 0 Å². The molecule has 3 rings (SSSR count). The molecule has 0 spiro atoms. The smallest absolute Gasteiger partial charge is 0.325 e. The van der Waals surface area contributed by atoms with Crippen LogP contribution in [-0.2, 0) is 30.8 Å². The first-order chi connectivity index (χ1) is 13.0. The average molecular weight is 404 g/mol. The van der Waals surface area contributed by atoms with Crippen LogP contribution in [0.4, 0.5) is 5.69 Å². The lowest BCUT2D eigenvalue weighted by Crippen LogP contribution is -2.37. The van der Waals surface area contributed by atoms with E-state index in [-0.39, 0.29) is 34.3 Å². The van der Waals surface area contributed by atoms with Gasteiger partial charge in [-0.05, 0) is 34.7 Å². The monoisotopic (exact) mass is 403 g/mol. The summed E-state index contributed by atoms with van der Waals surface area (Å²) in [6, 6.07) is 7.57. The Kier molecular flexibility index (Phi) is 4.93. The van der Waals surface area contributed by atoms with Gasteiger partial charge in [-0.1, -0.05) is 32.9 Å². The van der Waals surface area contributed by atoms with E-state index in [0.29, 0.717) is 5.69 Å². The molecule has 2 heterocycles. The lowest BCUT2D eigenvalue weighted by atomic mass is 9.87. The van der Waals surface area contributed by atoms with Crippen LogP contribution < -0.4 is 16.6 Å². The molecule has 0 bridgehead atoms. The Hall–Kier alpha value is -2.87. The molecule has 0 aliphatic carbocycles. The molecule has 28 heavy (non-hydrogen) atoms. The Morgan fingerprint density at radius 3 is 2.29 bits per heavy atom. The minimum Gasteiger partial charge on any atom is -0.325 e. The zero-order valence-corrected chi connectivity index (χ0v) is 17.2.